The SMILES string of the molecule is Cc1cc2nc(N3CCCN(c4ccc5c(cnn5C)c4)C3=O)sc2c(-c2ccc(Cl)cc2)c1[C@H](OC(C)(C)C)C(=O)O. The fourth-order valence-corrected chi connectivity index (χ4v) is 6.87. The molecule has 2 aromatic heterocycles. The van der Waals surface area contributed by atoms with Gasteiger partial charge in [-0.2, -0.15) is 5.10 Å². The third-order valence-electron chi connectivity index (χ3n) is 7.50. The van der Waals surface area contributed by atoms with Crippen molar-refractivity contribution in [2.24, 2.45) is 7.05 Å². The van der Waals surface area contributed by atoms with Gasteiger partial charge in [-0.25, -0.2) is 14.6 Å². The summed E-state index contributed by atoms with van der Waals surface area (Å²) < 4.78 is 8.70. The molecule has 9 nitrogen and oxygen atoms in total. The number of hydrogen-bond acceptors (Lipinski definition) is 6. The van der Waals surface area contributed by atoms with E-state index in [0.717, 1.165) is 44.4 Å². The van der Waals surface area contributed by atoms with Crippen LogP contribution in [0.5, 0.6) is 0 Å². The Morgan fingerprint density at radius 3 is 2.51 bits per heavy atom. The molecule has 11 heteroatoms. The summed E-state index contributed by atoms with van der Waals surface area (Å²) in [6.45, 7) is 8.50. The number of nitrogens with zero attached hydrogens (tertiary/aromatic N) is 5. The van der Waals surface area contributed by atoms with E-state index >= 15 is 0 Å². The molecule has 43 heavy (non-hydrogen) atoms. The topological polar surface area (TPSA) is 101 Å². The van der Waals surface area contributed by atoms with Gasteiger partial charge in [-0.15, -0.1) is 0 Å². The number of ether oxygens (including phenoxy) is 1. The predicted octanol–water partition coefficient (Wildman–Crippen LogP) is 7.59. The van der Waals surface area contributed by atoms with Crippen molar-refractivity contribution >= 4 is 66.9 Å². The average Bonchev–Trinajstić information content (AvgIpc) is 3.54. The number of aromatic nitrogens is 3. The minimum atomic E-state index is -1.21. The van der Waals surface area contributed by atoms with Crippen LogP contribution >= 0.6 is 22.9 Å². The van der Waals surface area contributed by atoms with Crippen LogP contribution in [-0.4, -0.2) is 50.6 Å². The molecule has 1 atom stereocenters. The molecule has 5 aromatic rings. The minimum absolute atomic E-state index is 0.155. The normalized spacial score (nSPS) is 15.1. The molecule has 0 radical (unpaired) electrons. The Labute approximate surface area is 258 Å². The summed E-state index contributed by atoms with van der Waals surface area (Å²) in [5.41, 5.74) is 4.59. The Bertz CT molecular complexity index is 1880. The van der Waals surface area contributed by atoms with Crippen LogP contribution in [0.15, 0.2) is 54.7 Å². The summed E-state index contributed by atoms with van der Waals surface area (Å²) in [4.78, 5) is 34.9. The number of carbonyl (C=O) groups is 2. The third kappa shape index (κ3) is 5.46. The highest BCUT2D eigenvalue weighted by molar-refractivity contribution is 7.23. The maximum atomic E-state index is 13.9. The Morgan fingerprint density at radius 2 is 1.81 bits per heavy atom. The number of halogens is 1. The number of benzene rings is 3. The van der Waals surface area contributed by atoms with E-state index in [4.69, 9.17) is 21.3 Å². The highest BCUT2D eigenvalue weighted by Gasteiger charge is 2.34. The van der Waals surface area contributed by atoms with Crippen molar-refractivity contribution in [2.45, 2.75) is 45.8 Å². The van der Waals surface area contributed by atoms with Crippen molar-refractivity contribution in [1.29, 1.82) is 0 Å². The Hall–Kier alpha value is -3.99. The zero-order chi connectivity index (χ0) is 30.6. The molecule has 3 aromatic carbocycles. The van der Waals surface area contributed by atoms with Gasteiger partial charge < -0.3 is 9.84 Å². The molecule has 0 bridgehead atoms. The van der Waals surface area contributed by atoms with E-state index in [2.05, 4.69) is 5.10 Å². The lowest BCUT2D eigenvalue weighted by atomic mass is 9.91. The monoisotopic (exact) mass is 617 g/mol. The number of carboxylic acids is 1. The van der Waals surface area contributed by atoms with Crippen LogP contribution in [-0.2, 0) is 16.6 Å². The molecule has 222 valence electrons. The van der Waals surface area contributed by atoms with Crippen molar-refractivity contribution in [3.8, 4) is 11.1 Å². The second kappa shape index (κ2) is 10.9. The lowest BCUT2D eigenvalue weighted by Crippen LogP contribution is -2.49. The molecule has 1 fully saturated rings. The zero-order valence-electron chi connectivity index (χ0n) is 24.6. The van der Waals surface area contributed by atoms with E-state index in [1.807, 2.05) is 71.1 Å². The van der Waals surface area contributed by atoms with Crippen molar-refractivity contribution < 1.29 is 19.4 Å². The first-order valence-electron chi connectivity index (χ1n) is 14.0. The van der Waals surface area contributed by atoms with Gasteiger partial charge in [-0.05, 0) is 81.6 Å². The quantitative estimate of drug-likeness (QED) is 0.211. The molecule has 3 heterocycles. The van der Waals surface area contributed by atoms with Gasteiger partial charge in [0.15, 0.2) is 11.2 Å². The molecular formula is C32H32ClN5O4S. The summed E-state index contributed by atoms with van der Waals surface area (Å²) in [5, 5.41) is 16.7. The Morgan fingerprint density at radius 1 is 1.09 bits per heavy atom. The van der Waals surface area contributed by atoms with E-state index in [0.29, 0.717) is 34.3 Å². The van der Waals surface area contributed by atoms with Crippen LogP contribution in [0, 0.1) is 6.92 Å². The fourth-order valence-electron chi connectivity index (χ4n) is 5.60. The first-order valence-corrected chi connectivity index (χ1v) is 15.2. The first-order chi connectivity index (χ1) is 20.4. The molecular weight excluding hydrogens is 586 g/mol. The number of urea groups is 1. The number of aliphatic carboxylic acids is 1. The van der Waals surface area contributed by atoms with E-state index in [9.17, 15) is 14.7 Å². The summed E-state index contributed by atoms with van der Waals surface area (Å²) in [6.07, 6.45) is 1.35. The van der Waals surface area contributed by atoms with Crippen LogP contribution in [0.3, 0.4) is 0 Å². The number of amides is 2. The van der Waals surface area contributed by atoms with Gasteiger partial charge in [-0.3, -0.25) is 14.5 Å². The number of hydrogen-bond donors (Lipinski definition) is 1. The van der Waals surface area contributed by atoms with Gasteiger partial charge >= 0.3 is 12.0 Å². The molecule has 1 N–H and O–H groups in total. The molecule has 6 rings (SSSR count). The number of aryl methyl sites for hydroxylation is 2. The van der Waals surface area contributed by atoms with Crippen LogP contribution in [0.25, 0.3) is 32.2 Å². The summed E-state index contributed by atoms with van der Waals surface area (Å²) in [7, 11) is 1.89. The fraction of sp³-hybridized carbons (Fsp3) is 0.312. The van der Waals surface area contributed by atoms with Gasteiger partial charge in [-0.1, -0.05) is 35.1 Å². The lowest BCUT2D eigenvalue weighted by molar-refractivity contribution is -0.160. The summed E-state index contributed by atoms with van der Waals surface area (Å²) >= 11 is 7.60. The van der Waals surface area contributed by atoms with Crippen molar-refractivity contribution in [3.05, 3.63) is 70.9 Å². The van der Waals surface area contributed by atoms with E-state index in [-0.39, 0.29) is 6.03 Å². The number of anilines is 2. The van der Waals surface area contributed by atoms with E-state index in [1.54, 1.807) is 32.8 Å². The molecule has 0 aliphatic carbocycles. The first kappa shape index (κ1) is 29.1. The molecule has 0 unspecified atom stereocenters. The molecule has 1 aliphatic rings. The van der Waals surface area contributed by atoms with Gasteiger partial charge in [0, 0.05) is 47.4 Å². The van der Waals surface area contributed by atoms with E-state index < -0.39 is 17.7 Å². The van der Waals surface area contributed by atoms with Gasteiger partial charge in [0.25, 0.3) is 0 Å². The molecule has 1 aliphatic heterocycles. The van der Waals surface area contributed by atoms with Gasteiger partial charge in [0.05, 0.1) is 27.5 Å². The van der Waals surface area contributed by atoms with Crippen LogP contribution in [0.4, 0.5) is 15.6 Å². The Balaban J connectivity index is 1.47. The zero-order valence-corrected chi connectivity index (χ0v) is 26.2. The summed E-state index contributed by atoms with van der Waals surface area (Å²) in [6, 6.07) is 14.9. The highest BCUT2D eigenvalue weighted by Crippen LogP contribution is 2.45. The van der Waals surface area contributed by atoms with Crippen LogP contribution in [0.2, 0.25) is 5.02 Å². The van der Waals surface area contributed by atoms with Gasteiger partial charge in [0.1, 0.15) is 0 Å². The second-order valence-corrected chi connectivity index (χ2v) is 13.1. The smallest absolute Gasteiger partial charge is 0.337 e. The number of rotatable bonds is 6. The number of thiazole rings is 1. The minimum Gasteiger partial charge on any atom is -0.479 e. The predicted molar refractivity (Wildman–Crippen MR) is 171 cm³/mol. The second-order valence-electron chi connectivity index (χ2n) is 11.7. The third-order valence-corrected chi connectivity index (χ3v) is 8.87. The Kier molecular flexibility index (Phi) is 7.40. The maximum absolute atomic E-state index is 13.9. The van der Waals surface area contributed by atoms with Crippen molar-refractivity contribution in [1.82, 2.24) is 14.8 Å². The maximum Gasteiger partial charge on any atom is 0.337 e. The largest absolute Gasteiger partial charge is 0.479 e. The van der Waals surface area contributed by atoms with Gasteiger partial charge in [0.2, 0.25) is 0 Å². The summed E-state index contributed by atoms with van der Waals surface area (Å²) in [5.74, 6) is -1.08. The van der Waals surface area contributed by atoms with Crippen molar-refractivity contribution in [3.63, 3.8) is 0 Å². The highest BCUT2D eigenvalue weighted by atomic mass is 35.5. The van der Waals surface area contributed by atoms with Crippen molar-refractivity contribution in [2.75, 3.05) is 22.9 Å². The average molecular weight is 618 g/mol. The van der Waals surface area contributed by atoms with E-state index in [1.165, 1.54) is 11.3 Å². The lowest BCUT2D eigenvalue weighted by Gasteiger charge is -2.34. The van der Waals surface area contributed by atoms with Crippen LogP contribution in [0.1, 0.15) is 44.4 Å². The molecule has 2 amide bonds. The number of carbonyl (C=O) groups excluding carboxylic acids is 1. The molecule has 0 spiro atoms. The molecule has 0 saturated carbocycles. The number of carboxylic acid groups (broad SMARTS) is 1. The van der Waals surface area contributed by atoms with Crippen LogP contribution < -0.4 is 9.80 Å². The standard InChI is InChI=1S/C32H32ClN5O4S/c1-18-15-23-28(26(19-7-9-21(33)10-8-19)25(18)27(29(39)40)42-32(2,3)4)43-30(35-23)38-14-6-13-37(31(38)41)22-11-12-24-20(16-22)17-34-36(24)5/h7-12,15-17,27H,6,13-14H2,1-5H3,(H,39,40)/t27-/m0/s1. The molecule has 1 saturated heterocycles. The number of fused-ring (bicyclic) bond motifs is 2.